The van der Waals surface area contributed by atoms with Crippen LogP contribution in [-0.4, -0.2) is 31.0 Å². The molecule has 0 saturated carbocycles. The Labute approximate surface area is 161 Å². The third kappa shape index (κ3) is 5.58. The van der Waals surface area contributed by atoms with E-state index in [9.17, 15) is 35.5 Å². The van der Waals surface area contributed by atoms with Crippen molar-refractivity contribution in [3.63, 3.8) is 0 Å². The zero-order valence-corrected chi connectivity index (χ0v) is 15.3. The highest BCUT2D eigenvalue weighted by Crippen LogP contribution is 2.36. The van der Waals surface area contributed by atoms with Gasteiger partial charge in [-0.3, -0.25) is 4.79 Å². The van der Waals surface area contributed by atoms with Gasteiger partial charge in [0.1, 0.15) is 17.3 Å². The van der Waals surface area contributed by atoms with Gasteiger partial charge in [0.15, 0.2) is 0 Å². The summed E-state index contributed by atoms with van der Waals surface area (Å²) in [6, 6.07) is 5.23. The first-order valence-corrected chi connectivity index (χ1v) is 8.26. The molecule has 0 aliphatic rings. The number of hydrogen-bond donors (Lipinski definition) is 0. The summed E-state index contributed by atoms with van der Waals surface area (Å²) in [4.78, 5) is 17.8. The zero-order chi connectivity index (χ0) is 22.0. The van der Waals surface area contributed by atoms with Gasteiger partial charge in [-0.2, -0.15) is 26.3 Å². The maximum atomic E-state index is 13.0. The molecule has 158 valence electrons. The summed E-state index contributed by atoms with van der Waals surface area (Å²) in [5, 5.41) is 0. The smallest absolute Gasteiger partial charge is 0.348 e. The highest BCUT2D eigenvalue weighted by atomic mass is 19.4. The van der Waals surface area contributed by atoms with Crippen molar-refractivity contribution in [1.29, 1.82) is 0 Å². The van der Waals surface area contributed by atoms with Gasteiger partial charge in [0, 0.05) is 19.3 Å². The van der Waals surface area contributed by atoms with E-state index in [1.165, 1.54) is 26.1 Å². The number of halogens is 7. The second kappa shape index (κ2) is 8.26. The number of hydrogen-bond acceptors (Lipinski definition) is 3. The molecule has 1 heterocycles. The van der Waals surface area contributed by atoms with Crippen LogP contribution in [0.4, 0.5) is 42.2 Å². The van der Waals surface area contributed by atoms with E-state index in [-0.39, 0.29) is 12.6 Å². The van der Waals surface area contributed by atoms with Crippen molar-refractivity contribution in [3.05, 3.63) is 53.5 Å². The lowest BCUT2D eigenvalue weighted by Gasteiger charge is -2.26. The van der Waals surface area contributed by atoms with Crippen LogP contribution >= 0.6 is 0 Å². The summed E-state index contributed by atoms with van der Waals surface area (Å²) < 4.78 is 91.1. The fourth-order valence-corrected chi connectivity index (χ4v) is 2.42. The third-order valence-electron chi connectivity index (χ3n) is 4.05. The Balaban J connectivity index is 2.35. The van der Waals surface area contributed by atoms with E-state index in [1.807, 2.05) is 0 Å². The molecular formula is C18H16F7N3O. The van der Waals surface area contributed by atoms with Crippen LogP contribution in [0, 0.1) is 5.82 Å². The van der Waals surface area contributed by atoms with Gasteiger partial charge in [0.2, 0.25) is 5.91 Å². The van der Waals surface area contributed by atoms with E-state index in [1.54, 1.807) is 0 Å². The van der Waals surface area contributed by atoms with Gasteiger partial charge in [-0.25, -0.2) is 9.37 Å². The predicted molar refractivity (Wildman–Crippen MR) is 91.9 cm³/mol. The Bertz CT molecular complexity index is 831. The van der Waals surface area contributed by atoms with Gasteiger partial charge in [-0.15, -0.1) is 0 Å². The quantitative estimate of drug-likeness (QED) is 0.652. The molecule has 0 bridgehead atoms. The number of pyridine rings is 1. The Morgan fingerprint density at radius 2 is 1.59 bits per heavy atom. The van der Waals surface area contributed by atoms with Crippen LogP contribution in [-0.2, 0) is 17.1 Å². The van der Waals surface area contributed by atoms with E-state index in [0.717, 1.165) is 21.9 Å². The first-order valence-electron chi connectivity index (χ1n) is 8.26. The minimum Gasteiger partial charge on any atom is -0.348 e. The summed E-state index contributed by atoms with van der Waals surface area (Å²) in [5.74, 6) is -1.79. The van der Waals surface area contributed by atoms with Gasteiger partial charge >= 0.3 is 12.4 Å². The lowest BCUT2D eigenvalue weighted by molar-refractivity contribution is -0.145. The van der Waals surface area contributed by atoms with Crippen molar-refractivity contribution in [2.75, 3.05) is 29.9 Å². The van der Waals surface area contributed by atoms with Crippen LogP contribution in [0.25, 0.3) is 0 Å². The second-order valence-electron chi connectivity index (χ2n) is 6.04. The second-order valence-corrected chi connectivity index (χ2v) is 6.04. The minimum atomic E-state index is -5.09. The van der Waals surface area contributed by atoms with Gasteiger partial charge in [0.05, 0.1) is 12.1 Å². The average molecular weight is 423 g/mol. The van der Waals surface area contributed by atoms with Crippen LogP contribution in [0.5, 0.6) is 0 Å². The monoisotopic (exact) mass is 423 g/mol. The van der Waals surface area contributed by atoms with E-state index in [0.29, 0.717) is 11.8 Å². The van der Waals surface area contributed by atoms with Crippen molar-refractivity contribution in [2.24, 2.45) is 0 Å². The number of anilines is 2. The van der Waals surface area contributed by atoms with Gasteiger partial charge in [-0.05, 0) is 43.3 Å². The van der Waals surface area contributed by atoms with Gasteiger partial charge < -0.3 is 9.80 Å². The van der Waals surface area contributed by atoms with Crippen LogP contribution in [0.1, 0.15) is 18.2 Å². The van der Waals surface area contributed by atoms with Crippen LogP contribution in [0.15, 0.2) is 36.4 Å². The Morgan fingerprint density at radius 3 is 2.07 bits per heavy atom. The molecule has 0 spiro atoms. The number of likely N-dealkylation sites (N-methyl/N-ethyl adjacent to an activating group) is 2. The third-order valence-corrected chi connectivity index (χ3v) is 4.05. The molecule has 1 aromatic heterocycles. The molecule has 1 amide bonds. The molecular weight excluding hydrogens is 407 g/mol. The molecule has 0 radical (unpaired) electrons. The number of carbonyl (C=O) groups is 1. The molecule has 0 aliphatic heterocycles. The highest BCUT2D eigenvalue weighted by molar-refractivity contribution is 5.95. The van der Waals surface area contributed by atoms with Crippen molar-refractivity contribution in [3.8, 4) is 0 Å². The summed E-state index contributed by atoms with van der Waals surface area (Å²) in [5.41, 5.74) is -2.92. The topological polar surface area (TPSA) is 36.4 Å². The largest absolute Gasteiger partial charge is 0.433 e. The molecule has 4 nitrogen and oxygen atoms in total. The van der Waals surface area contributed by atoms with E-state index < -0.39 is 47.7 Å². The fourth-order valence-electron chi connectivity index (χ4n) is 2.42. The number of aromatic nitrogens is 1. The predicted octanol–water partition coefficient (Wildman–Crippen LogP) is 4.75. The van der Waals surface area contributed by atoms with Crippen LogP contribution in [0.3, 0.4) is 0 Å². The summed E-state index contributed by atoms with van der Waals surface area (Å²) in [6.07, 6.45) is -10.1. The molecule has 1 aromatic carbocycles. The number of nitrogens with zero attached hydrogens (tertiary/aromatic N) is 3. The molecule has 0 saturated heterocycles. The van der Waals surface area contributed by atoms with Crippen LogP contribution in [0.2, 0.25) is 0 Å². The van der Waals surface area contributed by atoms with Crippen molar-refractivity contribution >= 4 is 17.4 Å². The first-order chi connectivity index (χ1) is 13.3. The SMILES string of the molecule is CCN(CC(=O)N(C)c1ccc(F)cc1)c1cc(C(F)(F)F)cc(C(F)(F)F)n1. The molecule has 2 aromatic rings. The maximum absolute atomic E-state index is 13.0. The Morgan fingerprint density at radius 1 is 1.00 bits per heavy atom. The van der Waals surface area contributed by atoms with E-state index >= 15 is 0 Å². The highest BCUT2D eigenvalue weighted by Gasteiger charge is 2.38. The lowest BCUT2D eigenvalue weighted by Crippen LogP contribution is -2.39. The van der Waals surface area contributed by atoms with Crippen molar-refractivity contribution in [2.45, 2.75) is 19.3 Å². The Kier molecular flexibility index (Phi) is 6.39. The lowest BCUT2D eigenvalue weighted by atomic mass is 10.2. The van der Waals surface area contributed by atoms with E-state index in [4.69, 9.17) is 0 Å². The maximum Gasteiger partial charge on any atom is 0.433 e. The van der Waals surface area contributed by atoms with E-state index in [2.05, 4.69) is 4.98 Å². The normalized spacial score (nSPS) is 12.0. The average Bonchev–Trinajstić information content (AvgIpc) is 2.64. The molecule has 29 heavy (non-hydrogen) atoms. The molecule has 2 rings (SSSR count). The summed E-state index contributed by atoms with van der Waals surface area (Å²) in [6.45, 7) is 0.852. The number of rotatable bonds is 5. The van der Waals surface area contributed by atoms with Crippen molar-refractivity contribution < 1.29 is 35.5 Å². The fraction of sp³-hybridized carbons (Fsp3) is 0.333. The number of alkyl halides is 6. The van der Waals surface area contributed by atoms with Crippen molar-refractivity contribution in [1.82, 2.24) is 4.98 Å². The summed E-state index contributed by atoms with van der Waals surface area (Å²) >= 11 is 0. The minimum absolute atomic E-state index is 0.0748. The van der Waals surface area contributed by atoms with Gasteiger partial charge in [-0.1, -0.05) is 0 Å². The number of amides is 1. The first kappa shape index (κ1) is 22.4. The molecule has 0 fully saturated rings. The molecule has 0 N–H and O–H groups in total. The van der Waals surface area contributed by atoms with Gasteiger partial charge in [0.25, 0.3) is 0 Å². The molecule has 0 unspecified atom stereocenters. The standard InChI is InChI=1S/C18H16F7N3O/c1-3-28(10-16(29)27(2)13-6-4-12(19)5-7-13)15-9-11(17(20,21)22)8-14(26-15)18(23,24)25/h4-9H,3,10H2,1-2H3. The summed E-state index contributed by atoms with van der Waals surface area (Å²) in [7, 11) is 1.35. The molecule has 0 atom stereocenters. The molecule has 0 aliphatic carbocycles. The molecule has 11 heteroatoms. The Hall–Kier alpha value is -2.85. The van der Waals surface area contributed by atoms with Crippen LogP contribution < -0.4 is 9.80 Å². The number of benzene rings is 1. The number of carbonyl (C=O) groups excluding carboxylic acids is 1. The zero-order valence-electron chi connectivity index (χ0n) is 15.3.